The van der Waals surface area contributed by atoms with E-state index < -0.39 is 0 Å². The Bertz CT molecular complexity index is 435. The summed E-state index contributed by atoms with van der Waals surface area (Å²) in [6.45, 7) is 1.49. The number of terminal acetylenes is 1. The Morgan fingerprint density at radius 2 is 2.28 bits per heavy atom. The fraction of sp³-hybridized carbons (Fsp3) is 0.467. The Labute approximate surface area is 114 Å². The summed E-state index contributed by atoms with van der Waals surface area (Å²) in [5.74, 6) is 3.33. The first-order chi connectivity index (χ1) is 8.79. The summed E-state index contributed by atoms with van der Waals surface area (Å²) in [4.78, 5) is 0. The number of benzene rings is 1. The SMILES string of the molecule is C#CCCCOc1ccc(CNC2CC2)cc1Cl. The molecule has 0 spiro atoms. The molecule has 1 N–H and O–H groups in total. The van der Waals surface area contributed by atoms with Gasteiger partial charge in [-0.1, -0.05) is 17.7 Å². The molecule has 1 fully saturated rings. The van der Waals surface area contributed by atoms with Crippen molar-refractivity contribution < 1.29 is 4.74 Å². The molecule has 0 radical (unpaired) electrons. The van der Waals surface area contributed by atoms with Crippen LogP contribution in [0.25, 0.3) is 0 Å². The van der Waals surface area contributed by atoms with Gasteiger partial charge in [0.2, 0.25) is 0 Å². The van der Waals surface area contributed by atoms with Crippen molar-refractivity contribution in [1.82, 2.24) is 5.32 Å². The predicted molar refractivity (Wildman–Crippen MR) is 74.9 cm³/mol. The monoisotopic (exact) mass is 263 g/mol. The second kappa shape index (κ2) is 6.68. The molecule has 18 heavy (non-hydrogen) atoms. The van der Waals surface area contributed by atoms with Crippen molar-refractivity contribution in [3.05, 3.63) is 28.8 Å². The predicted octanol–water partition coefficient (Wildman–Crippen LogP) is 3.38. The number of ether oxygens (including phenoxy) is 1. The Morgan fingerprint density at radius 3 is 2.94 bits per heavy atom. The van der Waals surface area contributed by atoms with Crippen molar-refractivity contribution in [3.63, 3.8) is 0 Å². The van der Waals surface area contributed by atoms with Gasteiger partial charge in [-0.2, -0.15) is 0 Å². The highest BCUT2D eigenvalue weighted by atomic mass is 35.5. The highest BCUT2D eigenvalue weighted by Crippen LogP contribution is 2.26. The maximum absolute atomic E-state index is 6.18. The second-order valence-corrected chi connectivity index (χ2v) is 4.98. The largest absolute Gasteiger partial charge is 0.492 e. The molecule has 2 rings (SSSR count). The van der Waals surface area contributed by atoms with Crippen LogP contribution in [0.5, 0.6) is 5.75 Å². The highest BCUT2D eigenvalue weighted by Gasteiger charge is 2.19. The average molecular weight is 264 g/mol. The van der Waals surface area contributed by atoms with E-state index in [4.69, 9.17) is 22.8 Å². The Morgan fingerprint density at radius 1 is 1.44 bits per heavy atom. The van der Waals surface area contributed by atoms with Crippen molar-refractivity contribution in [2.24, 2.45) is 0 Å². The zero-order valence-corrected chi connectivity index (χ0v) is 11.2. The number of hydrogen-bond acceptors (Lipinski definition) is 2. The normalized spacial score (nSPS) is 14.2. The molecule has 3 heteroatoms. The number of rotatable bonds is 7. The van der Waals surface area contributed by atoms with Crippen molar-refractivity contribution >= 4 is 11.6 Å². The van der Waals surface area contributed by atoms with Gasteiger partial charge in [-0.15, -0.1) is 12.3 Å². The van der Waals surface area contributed by atoms with Crippen LogP contribution in [-0.4, -0.2) is 12.6 Å². The molecule has 1 aromatic rings. The molecule has 1 aliphatic rings. The summed E-state index contributed by atoms with van der Waals surface area (Å²) in [5, 5.41) is 4.13. The smallest absolute Gasteiger partial charge is 0.137 e. The average Bonchev–Trinajstić information content (AvgIpc) is 3.18. The number of halogens is 1. The van der Waals surface area contributed by atoms with Gasteiger partial charge in [0, 0.05) is 19.0 Å². The summed E-state index contributed by atoms with van der Waals surface area (Å²) in [5.41, 5.74) is 1.20. The molecule has 0 amide bonds. The first-order valence-corrected chi connectivity index (χ1v) is 6.75. The van der Waals surface area contributed by atoms with Gasteiger partial charge in [0.1, 0.15) is 5.75 Å². The molecule has 0 atom stereocenters. The lowest BCUT2D eigenvalue weighted by Gasteiger charge is -2.09. The molecule has 0 bridgehead atoms. The summed E-state index contributed by atoms with van der Waals surface area (Å²) in [6.07, 6.45) is 9.37. The zero-order valence-electron chi connectivity index (χ0n) is 10.4. The van der Waals surface area contributed by atoms with Crippen molar-refractivity contribution in [3.8, 4) is 18.1 Å². The van der Waals surface area contributed by atoms with E-state index in [-0.39, 0.29) is 0 Å². The molecule has 0 aliphatic heterocycles. The molecule has 0 unspecified atom stereocenters. The molecule has 96 valence electrons. The van der Waals surface area contributed by atoms with Crippen LogP contribution in [-0.2, 0) is 6.54 Å². The number of hydrogen-bond donors (Lipinski definition) is 1. The number of nitrogens with one attached hydrogen (secondary N) is 1. The quantitative estimate of drug-likeness (QED) is 0.602. The standard InChI is InChI=1S/C15H18ClNO/c1-2-3-4-9-18-15-8-5-12(10-14(15)16)11-17-13-6-7-13/h1,5,8,10,13,17H,3-4,6-7,9,11H2. The van der Waals surface area contributed by atoms with Crippen LogP contribution in [0.3, 0.4) is 0 Å². The molecule has 0 heterocycles. The van der Waals surface area contributed by atoms with Crippen molar-refractivity contribution in [2.75, 3.05) is 6.61 Å². The summed E-state index contributed by atoms with van der Waals surface area (Å²) < 4.78 is 5.58. The van der Waals surface area contributed by atoms with Crippen LogP contribution >= 0.6 is 11.6 Å². The van der Waals surface area contributed by atoms with Crippen LogP contribution < -0.4 is 10.1 Å². The topological polar surface area (TPSA) is 21.3 Å². The van der Waals surface area contributed by atoms with Gasteiger partial charge in [-0.05, 0) is 37.0 Å². The Balaban J connectivity index is 1.82. The van der Waals surface area contributed by atoms with E-state index in [1.165, 1.54) is 18.4 Å². The van der Waals surface area contributed by atoms with Gasteiger partial charge in [0.25, 0.3) is 0 Å². The van der Waals surface area contributed by atoms with Crippen LogP contribution in [0, 0.1) is 12.3 Å². The Hall–Kier alpha value is -1.17. The minimum absolute atomic E-state index is 0.615. The maximum atomic E-state index is 6.18. The fourth-order valence-corrected chi connectivity index (χ4v) is 1.94. The molecule has 1 aliphatic carbocycles. The van der Waals surface area contributed by atoms with Gasteiger partial charge in [-0.25, -0.2) is 0 Å². The van der Waals surface area contributed by atoms with E-state index >= 15 is 0 Å². The van der Waals surface area contributed by atoms with Gasteiger partial charge in [0.05, 0.1) is 11.6 Å². The molecular weight excluding hydrogens is 246 g/mol. The minimum Gasteiger partial charge on any atom is -0.492 e. The molecule has 2 nitrogen and oxygen atoms in total. The molecule has 1 saturated carbocycles. The van der Waals surface area contributed by atoms with E-state index in [1.807, 2.05) is 12.1 Å². The van der Waals surface area contributed by atoms with Crippen molar-refractivity contribution in [1.29, 1.82) is 0 Å². The summed E-state index contributed by atoms with van der Waals surface area (Å²) in [7, 11) is 0. The lowest BCUT2D eigenvalue weighted by Crippen LogP contribution is -2.15. The van der Waals surface area contributed by atoms with E-state index in [0.717, 1.165) is 25.1 Å². The van der Waals surface area contributed by atoms with E-state index in [9.17, 15) is 0 Å². The number of unbranched alkanes of at least 4 members (excludes halogenated alkanes) is 1. The molecule has 0 saturated heterocycles. The van der Waals surface area contributed by atoms with E-state index in [2.05, 4.69) is 17.3 Å². The van der Waals surface area contributed by atoms with E-state index in [0.29, 0.717) is 17.7 Å². The van der Waals surface area contributed by atoms with Crippen LogP contribution in [0.4, 0.5) is 0 Å². The Kier molecular flexibility index (Phi) is 4.92. The third-order valence-electron chi connectivity index (χ3n) is 2.89. The first-order valence-electron chi connectivity index (χ1n) is 6.37. The summed E-state index contributed by atoms with van der Waals surface area (Å²) >= 11 is 6.18. The molecule has 0 aromatic heterocycles. The third-order valence-corrected chi connectivity index (χ3v) is 3.19. The lowest BCUT2D eigenvalue weighted by atomic mass is 10.2. The van der Waals surface area contributed by atoms with Crippen LogP contribution in [0.2, 0.25) is 5.02 Å². The first kappa shape index (κ1) is 13.3. The van der Waals surface area contributed by atoms with Crippen LogP contribution in [0.1, 0.15) is 31.2 Å². The van der Waals surface area contributed by atoms with Crippen LogP contribution in [0.15, 0.2) is 18.2 Å². The fourth-order valence-electron chi connectivity index (χ4n) is 1.68. The maximum Gasteiger partial charge on any atom is 0.137 e. The summed E-state index contributed by atoms with van der Waals surface area (Å²) in [6, 6.07) is 6.66. The molecular formula is C15H18ClNO. The van der Waals surface area contributed by atoms with Gasteiger partial charge in [-0.3, -0.25) is 0 Å². The van der Waals surface area contributed by atoms with Gasteiger partial charge < -0.3 is 10.1 Å². The third kappa shape index (κ3) is 4.25. The highest BCUT2D eigenvalue weighted by molar-refractivity contribution is 6.32. The zero-order chi connectivity index (χ0) is 12.8. The van der Waals surface area contributed by atoms with Gasteiger partial charge >= 0.3 is 0 Å². The van der Waals surface area contributed by atoms with Gasteiger partial charge in [0.15, 0.2) is 0 Å². The van der Waals surface area contributed by atoms with Crippen molar-refractivity contribution in [2.45, 2.75) is 38.3 Å². The minimum atomic E-state index is 0.615. The van der Waals surface area contributed by atoms with E-state index in [1.54, 1.807) is 0 Å². The lowest BCUT2D eigenvalue weighted by molar-refractivity contribution is 0.313. The molecule has 1 aromatic carbocycles. The second-order valence-electron chi connectivity index (χ2n) is 4.58.